The van der Waals surface area contributed by atoms with E-state index in [1.807, 2.05) is 36.4 Å². The van der Waals surface area contributed by atoms with E-state index >= 15 is 0 Å². The molecule has 2 aromatic carbocycles. The molecule has 3 rings (SSSR count). The van der Waals surface area contributed by atoms with Crippen molar-refractivity contribution in [2.24, 2.45) is 0 Å². The van der Waals surface area contributed by atoms with Gasteiger partial charge in [-0.15, -0.1) is 0 Å². The van der Waals surface area contributed by atoms with Crippen LogP contribution in [0.2, 0.25) is 0 Å². The smallest absolute Gasteiger partial charge is 0.189 e. The highest BCUT2D eigenvalue weighted by Gasteiger charge is 2.22. The Bertz CT molecular complexity index is 795. The second-order valence-electron chi connectivity index (χ2n) is 5.26. The summed E-state index contributed by atoms with van der Waals surface area (Å²) in [7, 11) is 1.63. The third kappa shape index (κ3) is 2.64. The molecule has 0 saturated heterocycles. The second-order valence-corrected chi connectivity index (χ2v) is 5.26. The fourth-order valence-electron chi connectivity index (χ4n) is 2.67. The summed E-state index contributed by atoms with van der Waals surface area (Å²) in [6.07, 6.45) is 3.47. The number of ketones is 1. The maximum absolute atomic E-state index is 12.6. The zero-order valence-corrected chi connectivity index (χ0v) is 12.3. The Labute approximate surface area is 129 Å². The lowest BCUT2D eigenvalue weighted by molar-refractivity contribution is 0.102. The SMILES string of the molecule is COc1ccc2c(c1)CCC(=Cc1ccc(C#N)cc1)C2=O. The summed E-state index contributed by atoms with van der Waals surface area (Å²) >= 11 is 0. The number of carbonyl (C=O) groups is 1. The van der Waals surface area contributed by atoms with Gasteiger partial charge in [-0.3, -0.25) is 4.79 Å². The van der Waals surface area contributed by atoms with Gasteiger partial charge in [-0.25, -0.2) is 0 Å². The Morgan fingerprint density at radius 2 is 1.91 bits per heavy atom. The van der Waals surface area contributed by atoms with E-state index < -0.39 is 0 Å². The van der Waals surface area contributed by atoms with Gasteiger partial charge in [0.1, 0.15) is 5.75 Å². The standard InChI is InChI=1S/C19H15NO2/c1-22-17-8-9-18-15(11-17)6-7-16(19(18)21)10-13-2-4-14(12-20)5-3-13/h2-5,8-11H,6-7H2,1H3. The van der Waals surface area contributed by atoms with Crippen molar-refractivity contribution in [1.82, 2.24) is 0 Å². The van der Waals surface area contributed by atoms with Gasteiger partial charge >= 0.3 is 0 Å². The van der Waals surface area contributed by atoms with Gasteiger partial charge in [-0.1, -0.05) is 12.1 Å². The van der Waals surface area contributed by atoms with Crippen LogP contribution < -0.4 is 4.74 Å². The van der Waals surface area contributed by atoms with E-state index in [4.69, 9.17) is 10.00 Å². The van der Waals surface area contributed by atoms with Gasteiger partial charge in [0.2, 0.25) is 0 Å². The summed E-state index contributed by atoms with van der Waals surface area (Å²) in [6, 6.07) is 14.9. The van der Waals surface area contributed by atoms with Gasteiger partial charge in [0.15, 0.2) is 5.78 Å². The highest BCUT2D eigenvalue weighted by Crippen LogP contribution is 2.29. The summed E-state index contributed by atoms with van der Waals surface area (Å²) in [5.74, 6) is 0.860. The largest absolute Gasteiger partial charge is 0.497 e. The monoisotopic (exact) mass is 289 g/mol. The topological polar surface area (TPSA) is 50.1 Å². The molecule has 0 aliphatic heterocycles. The Kier molecular flexibility index (Phi) is 3.76. The lowest BCUT2D eigenvalue weighted by Crippen LogP contribution is -2.14. The number of aryl methyl sites for hydroxylation is 1. The summed E-state index contributed by atoms with van der Waals surface area (Å²) in [4.78, 5) is 12.6. The summed E-state index contributed by atoms with van der Waals surface area (Å²) in [5, 5.41) is 8.81. The molecule has 0 amide bonds. The van der Waals surface area contributed by atoms with Crippen molar-refractivity contribution in [2.75, 3.05) is 7.11 Å². The molecule has 22 heavy (non-hydrogen) atoms. The number of ether oxygens (including phenoxy) is 1. The molecule has 108 valence electrons. The van der Waals surface area contributed by atoms with Gasteiger partial charge in [0.05, 0.1) is 18.7 Å². The molecule has 0 bridgehead atoms. The zero-order chi connectivity index (χ0) is 15.5. The minimum Gasteiger partial charge on any atom is -0.497 e. The van der Waals surface area contributed by atoms with Crippen molar-refractivity contribution in [1.29, 1.82) is 5.26 Å². The minimum absolute atomic E-state index is 0.0771. The van der Waals surface area contributed by atoms with E-state index in [-0.39, 0.29) is 5.78 Å². The van der Waals surface area contributed by atoms with E-state index in [1.165, 1.54) is 0 Å². The van der Waals surface area contributed by atoms with Crippen LogP contribution in [0.3, 0.4) is 0 Å². The second kappa shape index (κ2) is 5.87. The van der Waals surface area contributed by atoms with Crippen LogP contribution in [0.1, 0.15) is 33.5 Å². The van der Waals surface area contributed by atoms with E-state index in [0.29, 0.717) is 5.56 Å². The molecule has 0 radical (unpaired) electrons. The quantitative estimate of drug-likeness (QED) is 0.790. The molecule has 1 aliphatic carbocycles. The number of rotatable bonds is 2. The Morgan fingerprint density at radius 3 is 2.59 bits per heavy atom. The molecule has 1 aliphatic rings. The van der Waals surface area contributed by atoms with Crippen molar-refractivity contribution in [2.45, 2.75) is 12.8 Å². The average Bonchev–Trinajstić information content (AvgIpc) is 2.57. The Morgan fingerprint density at radius 1 is 1.14 bits per heavy atom. The lowest BCUT2D eigenvalue weighted by atomic mass is 9.86. The summed E-state index contributed by atoms with van der Waals surface area (Å²) in [6.45, 7) is 0. The van der Waals surface area contributed by atoms with Gasteiger partial charge in [0.25, 0.3) is 0 Å². The number of hydrogen-bond donors (Lipinski definition) is 0. The molecule has 0 atom stereocenters. The highest BCUT2D eigenvalue weighted by atomic mass is 16.5. The Balaban J connectivity index is 1.91. The first-order valence-corrected chi connectivity index (χ1v) is 7.13. The third-order valence-electron chi connectivity index (χ3n) is 3.89. The van der Waals surface area contributed by atoms with Crippen LogP contribution in [0.4, 0.5) is 0 Å². The van der Waals surface area contributed by atoms with Gasteiger partial charge in [0, 0.05) is 11.1 Å². The molecule has 3 heteroatoms. The number of Topliss-reactive ketones (excluding diaryl/α,β-unsaturated/α-hetero) is 1. The van der Waals surface area contributed by atoms with Crippen molar-refractivity contribution >= 4 is 11.9 Å². The number of nitrogens with zero attached hydrogens (tertiary/aromatic N) is 1. The zero-order valence-electron chi connectivity index (χ0n) is 12.3. The van der Waals surface area contributed by atoms with Crippen LogP contribution in [0.15, 0.2) is 48.0 Å². The molecule has 0 N–H and O–H groups in total. The third-order valence-corrected chi connectivity index (χ3v) is 3.89. The van der Waals surface area contributed by atoms with E-state index in [2.05, 4.69) is 6.07 Å². The number of benzene rings is 2. The molecular formula is C19H15NO2. The number of allylic oxidation sites excluding steroid dienone is 1. The first kappa shape index (κ1) is 14.1. The fraction of sp³-hybridized carbons (Fsp3) is 0.158. The maximum Gasteiger partial charge on any atom is 0.189 e. The molecule has 3 nitrogen and oxygen atoms in total. The van der Waals surface area contributed by atoms with Crippen LogP contribution in [0.25, 0.3) is 6.08 Å². The van der Waals surface area contributed by atoms with Gasteiger partial charge in [-0.05, 0) is 60.4 Å². The molecule has 0 spiro atoms. The summed E-state index contributed by atoms with van der Waals surface area (Å²) in [5.41, 5.74) is 4.17. The van der Waals surface area contributed by atoms with Crippen LogP contribution in [-0.4, -0.2) is 12.9 Å². The number of carbonyl (C=O) groups excluding carboxylic acids is 1. The molecule has 2 aromatic rings. The predicted molar refractivity (Wildman–Crippen MR) is 84.8 cm³/mol. The minimum atomic E-state index is 0.0771. The lowest BCUT2D eigenvalue weighted by Gasteiger charge is -2.18. The maximum atomic E-state index is 12.6. The van der Waals surface area contributed by atoms with Crippen LogP contribution >= 0.6 is 0 Å². The van der Waals surface area contributed by atoms with Crippen LogP contribution in [0, 0.1) is 11.3 Å². The van der Waals surface area contributed by atoms with Crippen molar-refractivity contribution in [3.8, 4) is 11.8 Å². The van der Waals surface area contributed by atoms with Gasteiger partial charge < -0.3 is 4.74 Å². The molecule has 0 aromatic heterocycles. The summed E-state index contributed by atoms with van der Waals surface area (Å²) < 4.78 is 5.21. The van der Waals surface area contributed by atoms with E-state index in [1.54, 1.807) is 19.2 Å². The first-order chi connectivity index (χ1) is 10.7. The first-order valence-electron chi connectivity index (χ1n) is 7.13. The molecule has 0 heterocycles. The van der Waals surface area contributed by atoms with E-state index in [0.717, 1.165) is 40.9 Å². The highest BCUT2D eigenvalue weighted by molar-refractivity contribution is 6.13. The molecule has 0 saturated carbocycles. The van der Waals surface area contributed by atoms with E-state index in [9.17, 15) is 4.79 Å². The number of hydrogen-bond acceptors (Lipinski definition) is 3. The number of methoxy groups -OCH3 is 1. The van der Waals surface area contributed by atoms with Crippen molar-refractivity contribution in [3.05, 3.63) is 70.3 Å². The molecule has 0 unspecified atom stereocenters. The number of nitriles is 1. The van der Waals surface area contributed by atoms with Crippen LogP contribution in [-0.2, 0) is 6.42 Å². The van der Waals surface area contributed by atoms with Crippen LogP contribution in [0.5, 0.6) is 5.75 Å². The van der Waals surface area contributed by atoms with Crippen molar-refractivity contribution < 1.29 is 9.53 Å². The predicted octanol–water partition coefficient (Wildman–Crippen LogP) is 3.78. The fourth-order valence-corrected chi connectivity index (χ4v) is 2.67. The molecule has 0 fully saturated rings. The molecular weight excluding hydrogens is 274 g/mol. The average molecular weight is 289 g/mol. The number of fused-ring (bicyclic) bond motifs is 1. The van der Waals surface area contributed by atoms with Gasteiger partial charge in [-0.2, -0.15) is 5.26 Å². The normalized spacial score (nSPS) is 15.3. The van der Waals surface area contributed by atoms with Crippen molar-refractivity contribution in [3.63, 3.8) is 0 Å². The Hall–Kier alpha value is -2.86.